The minimum Gasteiger partial charge on any atom is -0.301 e. The largest absolute Gasteiger partial charge is 0.301 e. The summed E-state index contributed by atoms with van der Waals surface area (Å²) in [5.74, 6) is 2.21. The smallest absolute Gasteiger partial charge is 0.179 e. The number of allylic oxidation sites excluding steroid dienone is 10. The molecule has 0 radical (unpaired) electrons. The molecule has 0 N–H and O–H groups in total. The summed E-state index contributed by atoms with van der Waals surface area (Å²) in [5.41, 5.74) is 11.9. The number of fused-ring (bicyclic) bond motifs is 10. The van der Waals surface area contributed by atoms with Gasteiger partial charge >= 0.3 is 0 Å². The Balaban J connectivity index is 1.48. The Labute approximate surface area is 236 Å². The topological polar surface area (TPSA) is 32.3 Å². The Bertz CT molecular complexity index is 1780. The number of anilines is 4. The van der Waals surface area contributed by atoms with Gasteiger partial charge in [-0.2, -0.15) is 0 Å². The molecule has 5 aliphatic rings. The van der Waals surface area contributed by atoms with Gasteiger partial charge in [-0.25, -0.2) is 9.97 Å². The highest BCUT2D eigenvalue weighted by molar-refractivity contribution is 5.94. The molecule has 1 aromatic heterocycles. The zero-order valence-corrected chi connectivity index (χ0v) is 24.0. The number of nitrogens with zero attached hydrogens (tertiary/aromatic N) is 4. The van der Waals surface area contributed by atoms with E-state index in [4.69, 9.17) is 9.97 Å². The van der Waals surface area contributed by atoms with Crippen LogP contribution >= 0.6 is 0 Å². The van der Waals surface area contributed by atoms with Crippen LogP contribution in [0.15, 0.2) is 107 Å². The monoisotopic (exact) mass is 522 g/mol. The Hall–Kier alpha value is -4.18. The van der Waals surface area contributed by atoms with Gasteiger partial charge in [-0.05, 0) is 61.3 Å². The summed E-state index contributed by atoms with van der Waals surface area (Å²) in [7, 11) is 0. The number of hydrogen-bond donors (Lipinski definition) is 0. The molecule has 2 aliphatic heterocycles. The van der Waals surface area contributed by atoms with Crippen molar-refractivity contribution in [2.75, 3.05) is 9.80 Å². The summed E-state index contributed by atoms with van der Waals surface area (Å²) >= 11 is 0. The number of aromatic nitrogens is 2. The first kappa shape index (κ1) is 23.7. The maximum atomic E-state index is 5.68. The van der Waals surface area contributed by atoms with E-state index in [1.807, 2.05) is 0 Å². The summed E-state index contributed by atoms with van der Waals surface area (Å²) in [6.45, 7) is 13.9. The Kier molecular flexibility index (Phi) is 4.57. The highest BCUT2D eigenvalue weighted by atomic mass is 15.5. The van der Waals surface area contributed by atoms with Crippen molar-refractivity contribution in [1.82, 2.24) is 9.97 Å². The van der Waals surface area contributed by atoms with E-state index in [1.54, 1.807) is 0 Å². The van der Waals surface area contributed by atoms with E-state index in [0.717, 1.165) is 28.7 Å². The molecule has 3 aliphatic carbocycles. The van der Waals surface area contributed by atoms with Gasteiger partial charge < -0.3 is 9.80 Å². The van der Waals surface area contributed by atoms with Gasteiger partial charge in [0.2, 0.25) is 0 Å². The predicted octanol–water partition coefficient (Wildman–Crippen LogP) is 8.45. The van der Waals surface area contributed by atoms with Crippen LogP contribution in [0.3, 0.4) is 0 Å². The molecule has 0 bridgehead atoms. The normalized spacial score (nSPS) is 26.7. The fourth-order valence-corrected chi connectivity index (χ4v) is 7.83. The van der Waals surface area contributed by atoms with Crippen LogP contribution in [0.25, 0.3) is 5.57 Å². The molecular formula is C36H34N4. The lowest BCUT2D eigenvalue weighted by molar-refractivity contribution is 0.449. The number of rotatable bonds is 1. The molecule has 0 spiro atoms. The fourth-order valence-electron chi connectivity index (χ4n) is 7.83. The van der Waals surface area contributed by atoms with Crippen LogP contribution in [0.4, 0.5) is 23.0 Å². The molecule has 3 atom stereocenters. The number of benzene rings is 2. The first-order valence-corrected chi connectivity index (χ1v) is 14.4. The van der Waals surface area contributed by atoms with Crippen LogP contribution in [0.2, 0.25) is 0 Å². The lowest BCUT2D eigenvalue weighted by Gasteiger charge is -2.43. The van der Waals surface area contributed by atoms with E-state index >= 15 is 0 Å². The second kappa shape index (κ2) is 7.72. The molecule has 2 aromatic carbocycles. The number of para-hydroxylation sites is 2. The van der Waals surface area contributed by atoms with Crippen LogP contribution < -0.4 is 9.80 Å². The average Bonchev–Trinajstić information content (AvgIpc) is 3.41. The molecule has 0 saturated carbocycles. The van der Waals surface area contributed by atoms with E-state index < -0.39 is 0 Å². The van der Waals surface area contributed by atoms with E-state index in [1.165, 1.54) is 39.1 Å². The summed E-state index contributed by atoms with van der Waals surface area (Å²) < 4.78 is 0. The maximum Gasteiger partial charge on any atom is 0.179 e. The third kappa shape index (κ3) is 2.72. The molecule has 0 fully saturated rings. The van der Waals surface area contributed by atoms with E-state index in [0.29, 0.717) is 5.92 Å². The van der Waals surface area contributed by atoms with Crippen molar-refractivity contribution in [3.8, 4) is 0 Å². The summed E-state index contributed by atoms with van der Waals surface area (Å²) in [6, 6.07) is 19.6. The van der Waals surface area contributed by atoms with E-state index in [2.05, 4.69) is 136 Å². The second-order valence-electron chi connectivity index (χ2n) is 12.6. The van der Waals surface area contributed by atoms with Crippen LogP contribution in [-0.4, -0.2) is 16.1 Å². The summed E-state index contributed by atoms with van der Waals surface area (Å²) in [4.78, 5) is 16.2. The van der Waals surface area contributed by atoms with Crippen molar-refractivity contribution in [1.29, 1.82) is 0 Å². The van der Waals surface area contributed by atoms with Crippen LogP contribution in [0, 0.1) is 5.92 Å². The van der Waals surface area contributed by atoms with Gasteiger partial charge in [-0.3, -0.25) is 0 Å². The van der Waals surface area contributed by atoms with Crippen LogP contribution in [0.5, 0.6) is 0 Å². The van der Waals surface area contributed by atoms with E-state index in [-0.39, 0.29) is 17.0 Å². The van der Waals surface area contributed by atoms with Crippen molar-refractivity contribution in [2.45, 2.75) is 58.5 Å². The van der Waals surface area contributed by atoms with Gasteiger partial charge in [-0.1, -0.05) is 93.1 Å². The SMILES string of the molecule is CC1=CC=CC2=C3C(=C(C)C=CC3C)c3nc4c(nc3C12C)N(c1ccccc1)C1N4c2ccccc2C1(C)C. The third-order valence-electron chi connectivity index (χ3n) is 10.0. The zero-order valence-electron chi connectivity index (χ0n) is 24.0. The summed E-state index contributed by atoms with van der Waals surface area (Å²) in [5, 5.41) is 0. The Morgan fingerprint density at radius 1 is 0.825 bits per heavy atom. The lowest BCUT2D eigenvalue weighted by Crippen LogP contribution is -2.46. The second-order valence-corrected chi connectivity index (χ2v) is 12.6. The lowest BCUT2D eigenvalue weighted by atomic mass is 9.61. The molecule has 3 aromatic rings. The molecule has 8 rings (SSSR count). The highest BCUT2D eigenvalue weighted by Crippen LogP contribution is 2.60. The summed E-state index contributed by atoms with van der Waals surface area (Å²) in [6.07, 6.45) is 11.4. The molecule has 0 saturated heterocycles. The molecule has 3 heterocycles. The average molecular weight is 523 g/mol. The van der Waals surface area contributed by atoms with Gasteiger partial charge in [-0.15, -0.1) is 0 Å². The van der Waals surface area contributed by atoms with Gasteiger partial charge in [0.25, 0.3) is 0 Å². The standard InChI is InChI=1S/C36H34N4/c1-21-19-20-22(2)29-28(21)26-17-12-13-23(3)36(26,6)31-30(29)37-32-33(38-31)39(24-14-8-7-9-15-24)34-35(4,5)25-16-10-11-18-27(25)40(32)34/h7-21,34H,1-6H3. The third-order valence-corrected chi connectivity index (χ3v) is 10.0. The first-order chi connectivity index (χ1) is 19.2. The van der Waals surface area contributed by atoms with Crippen molar-refractivity contribution in [2.24, 2.45) is 5.92 Å². The molecule has 3 unspecified atom stereocenters. The Morgan fingerprint density at radius 2 is 1.55 bits per heavy atom. The van der Waals surface area contributed by atoms with Gasteiger partial charge in [0.15, 0.2) is 11.6 Å². The molecule has 198 valence electrons. The molecule has 4 heteroatoms. The van der Waals surface area contributed by atoms with Gasteiger partial charge in [0.05, 0.1) is 16.8 Å². The maximum absolute atomic E-state index is 5.68. The quantitative estimate of drug-likeness (QED) is 0.321. The fraction of sp³-hybridized carbons (Fsp3) is 0.278. The van der Waals surface area contributed by atoms with Crippen LogP contribution in [0.1, 0.15) is 58.5 Å². The van der Waals surface area contributed by atoms with Gasteiger partial charge in [0.1, 0.15) is 6.17 Å². The van der Waals surface area contributed by atoms with Crippen molar-refractivity contribution >= 4 is 28.6 Å². The predicted molar refractivity (Wildman–Crippen MR) is 164 cm³/mol. The molecule has 0 amide bonds. The van der Waals surface area contributed by atoms with Crippen molar-refractivity contribution in [3.63, 3.8) is 0 Å². The van der Waals surface area contributed by atoms with Crippen molar-refractivity contribution < 1.29 is 0 Å². The van der Waals surface area contributed by atoms with Crippen LogP contribution in [-0.2, 0) is 10.8 Å². The molecule has 4 nitrogen and oxygen atoms in total. The highest BCUT2D eigenvalue weighted by Gasteiger charge is 2.56. The molecule has 40 heavy (non-hydrogen) atoms. The zero-order chi connectivity index (χ0) is 27.6. The first-order valence-electron chi connectivity index (χ1n) is 14.4. The minimum atomic E-state index is -0.340. The van der Waals surface area contributed by atoms with Gasteiger partial charge in [0, 0.05) is 28.3 Å². The minimum absolute atomic E-state index is 0.0361. The molecular weight excluding hydrogens is 488 g/mol. The Morgan fingerprint density at radius 3 is 2.35 bits per heavy atom. The van der Waals surface area contributed by atoms with E-state index in [9.17, 15) is 0 Å². The number of hydrogen-bond acceptors (Lipinski definition) is 4. The van der Waals surface area contributed by atoms with Crippen molar-refractivity contribution in [3.05, 3.63) is 124 Å².